The first-order chi connectivity index (χ1) is 10.6. The molecule has 1 aromatic carbocycles. The zero-order valence-electron chi connectivity index (χ0n) is 13.3. The van der Waals surface area contributed by atoms with E-state index in [9.17, 15) is 4.79 Å². The van der Waals surface area contributed by atoms with Gasteiger partial charge in [0.2, 0.25) is 0 Å². The zero-order chi connectivity index (χ0) is 15.9. The van der Waals surface area contributed by atoms with Crippen molar-refractivity contribution < 1.29 is 4.79 Å². The molecule has 0 fully saturated rings. The monoisotopic (exact) mass is 317 g/mol. The molecule has 4 nitrogen and oxygen atoms in total. The van der Waals surface area contributed by atoms with Gasteiger partial charge in [-0.1, -0.05) is 39.3 Å². The maximum Gasteiger partial charge on any atom is 0.325 e. The number of anilines is 2. The quantitative estimate of drug-likeness (QED) is 0.764. The number of nitrogens with zero attached hydrogens (tertiary/aromatic N) is 1. The topological polar surface area (TPSA) is 54.0 Å². The van der Waals surface area contributed by atoms with Gasteiger partial charge in [0.15, 0.2) is 5.13 Å². The highest BCUT2D eigenvalue weighted by molar-refractivity contribution is 7.15. The number of carbonyl (C=O) groups excluding carboxylic acids is 1. The molecule has 5 heteroatoms. The van der Waals surface area contributed by atoms with Gasteiger partial charge >= 0.3 is 6.03 Å². The van der Waals surface area contributed by atoms with Crippen molar-refractivity contribution in [3.63, 3.8) is 0 Å². The molecular weight excluding hydrogens is 294 g/mol. The first kappa shape index (κ1) is 16.5. The number of urea groups is 1. The van der Waals surface area contributed by atoms with Gasteiger partial charge in [0.1, 0.15) is 0 Å². The Bertz CT molecular complexity index is 605. The van der Waals surface area contributed by atoms with Crippen LogP contribution in [0.25, 0.3) is 0 Å². The molecule has 0 radical (unpaired) electrons. The van der Waals surface area contributed by atoms with Crippen LogP contribution in [0, 0.1) is 0 Å². The molecule has 1 heterocycles. The lowest BCUT2D eigenvalue weighted by Crippen LogP contribution is -2.19. The fourth-order valence-electron chi connectivity index (χ4n) is 2.01. The second-order valence-electron chi connectivity index (χ2n) is 5.60. The van der Waals surface area contributed by atoms with Crippen molar-refractivity contribution in [2.24, 2.45) is 0 Å². The van der Waals surface area contributed by atoms with Crippen LogP contribution in [0.4, 0.5) is 15.6 Å². The van der Waals surface area contributed by atoms with Crippen molar-refractivity contribution in [2.75, 3.05) is 10.6 Å². The minimum Gasteiger partial charge on any atom is -0.308 e. The molecule has 0 unspecified atom stereocenters. The lowest BCUT2D eigenvalue weighted by molar-refractivity contribution is 0.262. The van der Waals surface area contributed by atoms with E-state index in [1.54, 1.807) is 0 Å². The molecular formula is C17H23N3OS. The van der Waals surface area contributed by atoms with Crippen LogP contribution in [0.1, 0.15) is 50.0 Å². The van der Waals surface area contributed by atoms with Gasteiger partial charge in [-0.05, 0) is 36.5 Å². The van der Waals surface area contributed by atoms with Gasteiger partial charge in [0, 0.05) is 16.8 Å². The van der Waals surface area contributed by atoms with E-state index in [4.69, 9.17) is 0 Å². The van der Waals surface area contributed by atoms with E-state index in [1.165, 1.54) is 29.7 Å². The van der Waals surface area contributed by atoms with Crippen LogP contribution >= 0.6 is 11.3 Å². The first-order valence-corrected chi connectivity index (χ1v) is 8.52. The number of benzene rings is 1. The Kier molecular flexibility index (Phi) is 5.95. The van der Waals surface area contributed by atoms with Gasteiger partial charge in [-0.3, -0.25) is 5.32 Å². The minimum atomic E-state index is -0.258. The highest BCUT2D eigenvalue weighted by Crippen LogP contribution is 2.25. The lowest BCUT2D eigenvalue weighted by atomic mass is 10.1. The average molecular weight is 317 g/mol. The molecule has 0 aliphatic heterocycles. The molecule has 22 heavy (non-hydrogen) atoms. The summed E-state index contributed by atoms with van der Waals surface area (Å²) in [6.07, 6.45) is 5.28. The van der Waals surface area contributed by atoms with Crippen molar-refractivity contribution in [1.29, 1.82) is 0 Å². The minimum absolute atomic E-state index is 0.258. The maximum atomic E-state index is 12.0. The van der Waals surface area contributed by atoms with Crippen LogP contribution in [0.2, 0.25) is 0 Å². The molecule has 0 aliphatic carbocycles. The molecule has 2 rings (SSSR count). The number of unbranched alkanes of at least 4 members (excludes halogenated alkanes) is 1. The van der Waals surface area contributed by atoms with E-state index >= 15 is 0 Å². The molecule has 2 aromatic rings. The number of carbonyl (C=O) groups is 1. The molecule has 0 spiro atoms. The normalized spacial score (nSPS) is 10.7. The van der Waals surface area contributed by atoms with Crippen LogP contribution in [0.3, 0.4) is 0 Å². The van der Waals surface area contributed by atoms with Crippen molar-refractivity contribution in [3.8, 4) is 0 Å². The number of hydrogen-bond donors (Lipinski definition) is 2. The van der Waals surface area contributed by atoms with Gasteiger partial charge in [0.25, 0.3) is 0 Å². The number of aryl methyl sites for hydroxylation is 1. The summed E-state index contributed by atoms with van der Waals surface area (Å²) in [5, 5.41) is 6.23. The zero-order valence-corrected chi connectivity index (χ0v) is 14.2. The molecule has 0 atom stereocenters. The van der Waals surface area contributed by atoms with Crippen LogP contribution in [0.15, 0.2) is 30.5 Å². The number of aromatic nitrogens is 1. The Hall–Kier alpha value is -1.88. The van der Waals surface area contributed by atoms with Crippen molar-refractivity contribution in [1.82, 2.24) is 4.98 Å². The van der Waals surface area contributed by atoms with Crippen LogP contribution < -0.4 is 10.6 Å². The lowest BCUT2D eigenvalue weighted by Gasteiger charge is -2.06. The van der Waals surface area contributed by atoms with Crippen LogP contribution in [-0.4, -0.2) is 11.0 Å². The molecule has 0 aliphatic rings. The molecule has 1 aromatic heterocycles. The van der Waals surface area contributed by atoms with E-state index in [0.717, 1.165) is 17.0 Å². The molecule has 2 amide bonds. The Morgan fingerprint density at radius 2 is 1.95 bits per heavy atom. The smallest absolute Gasteiger partial charge is 0.308 e. The number of hydrogen-bond acceptors (Lipinski definition) is 3. The molecule has 0 saturated heterocycles. The fourth-order valence-corrected chi connectivity index (χ4v) is 2.82. The highest BCUT2D eigenvalue weighted by atomic mass is 32.1. The molecule has 118 valence electrons. The second kappa shape index (κ2) is 7.94. The van der Waals surface area contributed by atoms with E-state index in [0.29, 0.717) is 11.0 Å². The standard InChI is InChI=1S/C17H23N3OS/c1-4-5-6-13-7-9-14(10-8-13)19-16(21)20-17-18-11-15(22-17)12(2)3/h7-12H,4-6H2,1-3H3,(H2,18,19,20,21). The Morgan fingerprint density at radius 3 is 2.55 bits per heavy atom. The van der Waals surface area contributed by atoms with Gasteiger partial charge in [0.05, 0.1) is 0 Å². The fraction of sp³-hybridized carbons (Fsp3) is 0.412. The Labute approximate surface area is 136 Å². The molecule has 0 bridgehead atoms. The van der Waals surface area contributed by atoms with E-state index in [-0.39, 0.29) is 6.03 Å². The third-order valence-corrected chi connectivity index (χ3v) is 4.56. The van der Waals surface area contributed by atoms with E-state index < -0.39 is 0 Å². The predicted molar refractivity (Wildman–Crippen MR) is 93.9 cm³/mol. The summed E-state index contributed by atoms with van der Waals surface area (Å²) in [4.78, 5) is 17.3. The summed E-state index contributed by atoms with van der Waals surface area (Å²) >= 11 is 1.51. The number of thiazole rings is 1. The molecule has 0 saturated carbocycles. The van der Waals surface area contributed by atoms with Gasteiger partial charge < -0.3 is 5.32 Å². The van der Waals surface area contributed by atoms with E-state index in [2.05, 4.69) is 48.5 Å². The van der Waals surface area contributed by atoms with Crippen molar-refractivity contribution in [2.45, 2.75) is 46.0 Å². The summed E-state index contributed by atoms with van der Waals surface area (Å²) in [5.41, 5.74) is 2.09. The Balaban J connectivity index is 1.88. The summed E-state index contributed by atoms with van der Waals surface area (Å²) in [6, 6.07) is 7.74. The number of amides is 2. The van der Waals surface area contributed by atoms with Gasteiger partial charge in [-0.25, -0.2) is 9.78 Å². The van der Waals surface area contributed by atoms with Gasteiger partial charge in [-0.2, -0.15) is 0 Å². The van der Waals surface area contributed by atoms with Crippen LogP contribution in [-0.2, 0) is 6.42 Å². The maximum absolute atomic E-state index is 12.0. The summed E-state index contributed by atoms with van der Waals surface area (Å²) < 4.78 is 0. The van der Waals surface area contributed by atoms with Crippen molar-refractivity contribution >= 4 is 28.2 Å². The Morgan fingerprint density at radius 1 is 1.23 bits per heavy atom. The summed E-state index contributed by atoms with van der Waals surface area (Å²) in [6.45, 7) is 6.40. The largest absolute Gasteiger partial charge is 0.325 e. The van der Waals surface area contributed by atoms with Gasteiger partial charge in [-0.15, -0.1) is 11.3 Å². The van der Waals surface area contributed by atoms with Crippen molar-refractivity contribution in [3.05, 3.63) is 40.9 Å². The number of nitrogens with one attached hydrogen (secondary N) is 2. The average Bonchev–Trinajstić information content (AvgIpc) is 2.95. The third-order valence-electron chi connectivity index (χ3n) is 3.34. The SMILES string of the molecule is CCCCc1ccc(NC(=O)Nc2ncc(C(C)C)s2)cc1. The first-order valence-electron chi connectivity index (χ1n) is 7.71. The second-order valence-corrected chi connectivity index (χ2v) is 6.66. The summed E-state index contributed by atoms with van der Waals surface area (Å²) in [7, 11) is 0. The highest BCUT2D eigenvalue weighted by Gasteiger charge is 2.08. The van der Waals surface area contributed by atoms with E-state index in [1.807, 2.05) is 18.3 Å². The third kappa shape index (κ3) is 4.84. The number of rotatable bonds is 6. The molecule has 2 N–H and O–H groups in total. The predicted octanol–water partition coefficient (Wildman–Crippen LogP) is 5.25. The van der Waals surface area contributed by atoms with Crippen LogP contribution in [0.5, 0.6) is 0 Å². The summed E-state index contributed by atoms with van der Waals surface area (Å²) in [5.74, 6) is 0.423.